The van der Waals surface area contributed by atoms with Crippen molar-refractivity contribution in [3.05, 3.63) is 51.9 Å². The Labute approximate surface area is 208 Å². The van der Waals surface area contributed by atoms with E-state index in [1.165, 1.54) is 12.1 Å². The number of rotatable bonds is 5. The number of anilines is 1. The Bertz CT molecular complexity index is 1260. The molecule has 2 aliphatic rings. The van der Waals surface area contributed by atoms with Gasteiger partial charge >= 0.3 is 6.18 Å². The molecule has 0 radical (unpaired) electrons. The van der Waals surface area contributed by atoms with Crippen LogP contribution in [-0.2, 0) is 10.9 Å². The molecule has 2 N–H and O–H groups in total. The summed E-state index contributed by atoms with van der Waals surface area (Å²) >= 11 is 12.3. The van der Waals surface area contributed by atoms with Crippen molar-refractivity contribution in [2.45, 2.75) is 50.0 Å². The first-order valence-electron chi connectivity index (χ1n) is 11.2. The summed E-state index contributed by atoms with van der Waals surface area (Å²) in [6.45, 7) is 1.06. The molecule has 7 nitrogen and oxygen atoms in total. The van der Waals surface area contributed by atoms with Crippen molar-refractivity contribution in [1.29, 1.82) is 0 Å². The van der Waals surface area contributed by atoms with Gasteiger partial charge < -0.3 is 15.4 Å². The van der Waals surface area contributed by atoms with Crippen molar-refractivity contribution in [1.82, 2.24) is 20.1 Å². The first-order chi connectivity index (χ1) is 16.7. The van der Waals surface area contributed by atoms with Gasteiger partial charge in [-0.15, -0.1) is 0 Å². The monoisotopic (exact) mass is 527 g/mol. The highest BCUT2D eigenvalue weighted by Crippen LogP contribution is 2.35. The van der Waals surface area contributed by atoms with Gasteiger partial charge in [0.05, 0.1) is 30.3 Å². The van der Waals surface area contributed by atoms with E-state index in [2.05, 4.69) is 20.7 Å². The minimum Gasteiger partial charge on any atom is -0.382 e. The summed E-state index contributed by atoms with van der Waals surface area (Å²) in [6.07, 6.45) is -0.122. The minimum absolute atomic E-state index is 0.0718. The molecule has 1 aliphatic carbocycles. The largest absolute Gasteiger partial charge is 0.433 e. The maximum atomic E-state index is 13.4. The molecule has 5 rings (SSSR count). The van der Waals surface area contributed by atoms with Crippen LogP contribution >= 0.6 is 23.2 Å². The van der Waals surface area contributed by atoms with Crippen molar-refractivity contribution in [2.24, 2.45) is 0 Å². The molecule has 0 spiro atoms. The number of fused-ring (bicyclic) bond motifs is 1. The summed E-state index contributed by atoms with van der Waals surface area (Å²) in [5.74, 6) is -0.326. The second kappa shape index (κ2) is 9.48. The number of aromatic nitrogens is 3. The van der Waals surface area contributed by atoms with Crippen LogP contribution in [-0.4, -0.2) is 46.0 Å². The molecule has 3 heterocycles. The molecule has 35 heavy (non-hydrogen) atoms. The lowest BCUT2D eigenvalue weighted by Crippen LogP contribution is -2.41. The molecule has 0 unspecified atom stereocenters. The van der Waals surface area contributed by atoms with E-state index < -0.39 is 11.9 Å². The van der Waals surface area contributed by atoms with Crippen molar-refractivity contribution in [2.75, 3.05) is 18.5 Å². The Balaban J connectivity index is 1.31. The number of hydrogen-bond donors (Lipinski definition) is 2. The van der Waals surface area contributed by atoms with Crippen LogP contribution in [0.5, 0.6) is 0 Å². The van der Waals surface area contributed by atoms with Crippen molar-refractivity contribution < 1.29 is 22.7 Å². The number of hydrogen-bond acceptors (Lipinski definition) is 5. The summed E-state index contributed by atoms with van der Waals surface area (Å²) in [6, 6.07) is 5.35. The average molecular weight is 528 g/mol. The lowest BCUT2D eigenvalue weighted by molar-refractivity contribution is -0.140. The molecule has 2 aromatic heterocycles. The summed E-state index contributed by atoms with van der Waals surface area (Å²) in [5, 5.41) is 11.5. The van der Waals surface area contributed by atoms with Crippen LogP contribution in [0.25, 0.3) is 10.9 Å². The molecule has 1 saturated heterocycles. The van der Waals surface area contributed by atoms with Gasteiger partial charge in [0, 0.05) is 34.4 Å². The Morgan fingerprint density at radius 2 is 1.91 bits per heavy atom. The van der Waals surface area contributed by atoms with Crippen molar-refractivity contribution in [3.63, 3.8) is 0 Å². The molecule has 3 aromatic rings. The first kappa shape index (κ1) is 24.1. The van der Waals surface area contributed by atoms with Crippen LogP contribution in [0.1, 0.15) is 47.8 Å². The minimum atomic E-state index is -4.58. The van der Waals surface area contributed by atoms with E-state index in [0.717, 1.165) is 25.3 Å². The quantitative estimate of drug-likeness (QED) is 0.459. The zero-order valence-electron chi connectivity index (χ0n) is 18.4. The Kier molecular flexibility index (Phi) is 6.54. The standard InChI is InChI=1S/C23H22Cl2F3N5O2/c24-12-4-5-18-16(6-12)19(8-20(31-18)23(26,27)28)29-13-2-1-3-14(7-13)30-22(34)17-9-33(32-21(17)25)15-10-35-11-15/h4-6,8-9,13-15H,1-3,7,10-11H2,(H,29,31)(H,30,34)/t13-,14+/m0/s1. The van der Waals surface area contributed by atoms with Gasteiger partial charge in [-0.1, -0.05) is 23.2 Å². The highest BCUT2D eigenvalue weighted by Gasteiger charge is 2.34. The molecule has 2 fully saturated rings. The SMILES string of the molecule is O=C(N[C@@H]1CCC[C@H](Nc2cc(C(F)(F)F)nc3ccc(Cl)cc23)C1)c1cn(C2COC2)nc1Cl. The van der Waals surface area contributed by atoms with Gasteiger partial charge in [-0.05, 0) is 49.9 Å². The number of amides is 1. The molecule has 1 aromatic carbocycles. The summed E-state index contributed by atoms with van der Waals surface area (Å²) in [4.78, 5) is 16.6. The zero-order chi connectivity index (χ0) is 24.7. The third kappa shape index (κ3) is 5.19. The van der Waals surface area contributed by atoms with Gasteiger partial charge in [0.2, 0.25) is 0 Å². The molecule has 2 atom stereocenters. The lowest BCUT2D eigenvalue weighted by atomic mass is 9.90. The Morgan fingerprint density at radius 1 is 1.14 bits per heavy atom. The third-order valence-electron chi connectivity index (χ3n) is 6.36. The number of halogens is 5. The Morgan fingerprint density at radius 3 is 2.63 bits per heavy atom. The number of carbonyl (C=O) groups is 1. The third-order valence-corrected chi connectivity index (χ3v) is 6.87. The van der Waals surface area contributed by atoms with Crippen LogP contribution in [0.3, 0.4) is 0 Å². The number of nitrogens with one attached hydrogen (secondary N) is 2. The highest BCUT2D eigenvalue weighted by atomic mass is 35.5. The maximum absolute atomic E-state index is 13.4. The molecule has 1 aliphatic heterocycles. The molecular formula is C23H22Cl2F3N5O2. The van der Waals surface area contributed by atoms with E-state index in [4.69, 9.17) is 27.9 Å². The van der Waals surface area contributed by atoms with Crippen LogP contribution in [0.4, 0.5) is 18.9 Å². The fourth-order valence-corrected chi connectivity index (χ4v) is 4.88. The van der Waals surface area contributed by atoms with E-state index in [-0.39, 0.29) is 34.7 Å². The van der Waals surface area contributed by atoms with E-state index in [1.807, 2.05) is 0 Å². The van der Waals surface area contributed by atoms with Gasteiger partial charge in [0.25, 0.3) is 5.91 Å². The fourth-order valence-electron chi connectivity index (χ4n) is 4.48. The topological polar surface area (TPSA) is 81.1 Å². The molecule has 0 bridgehead atoms. The number of nitrogens with zero attached hydrogens (tertiary/aromatic N) is 3. The zero-order valence-corrected chi connectivity index (χ0v) is 19.9. The molecule has 12 heteroatoms. The van der Waals surface area contributed by atoms with Gasteiger partial charge in [0.15, 0.2) is 5.15 Å². The van der Waals surface area contributed by atoms with Gasteiger partial charge in [-0.2, -0.15) is 18.3 Å². The summed E-state index contributed by atoms with van der Waals surface area (Å²) in [5.41, 5.74) is -0.165. The van der Waals surface area contributed by atoms with E-state index >= 15 is 0 Å². The maximum Gasteiger partial charge on any atom is 0.433 e. The molecule has 186 valence electrons. The molecular weight excluding hydrogens is 506 g/mol. The van der Waals surface area contributed by atoms with Crippen LogP contribution in [0.2, 0.25) is 10.2 Å². The van der Waals surface area contributed by atoms with Crippen molar-refractivity contribution in [3.8, 4) is 0 Å². The van der Waals surface area contributed by atoms with E-state index in [9.17, 15) is 18.0 Å². The highest BCUT2D eigenvalue weighted by molar-refractivity contribution is 6.32. The smallest absolute Gasteiger partial charge is 0.382 e. The van der Waals surface area contributed by atoms with E-state index in [0.29, 0.717) is 41.3 Å². The van der Waals surface area contributed by atoms with Gasteiger partial charge in [-0.3, -0.25) is 9.48 Å². The predicted octanol–water partition coefficient (Wildman–Crippen LogP) is 5.48. The second-order valence-corrected chi connectivity index (χ2v) is 9.69. The van der Waals surface area contributed by atoms with Gasteiger partial charge in [0.1, 0.15) is 5.69 Å². The second-order valence-electron chi connectivity index (χ2n) is 8.90. The van der Waals surface area contributed by atoms with Crippen LogP contribution < -0.4 is 10.6 Å². The number of alkyl halides is 3. The summed E-state index contributed by atoms with van der Waals surface area (Å²) < 4.78 is 47.1. The summed E-state index contributed by atoms with van der Waals surface area (Å²) in [7, 11) is 0. The normalized spacial score (nSPS) is 21.1. The first-order valence-corrected chi connectivity index (χ1v) is 12.0. The fraction of sp³-hybridized carbons (Fsp3) is 0.435. The number of pyridine rings is 1. The van der Waals surface area contributed by atoms with Crippen LogP contribution in [0, 0.1) is 0 Å². The Hall–Kier alpha value is -2.56. The molecule has 1 saturated carbocycles. The number of benzene rings is 1. The van der Waals surface area contributed by atoms with E-state index in [1.54, 1.807) is 16.9 Å². The lowest BCUT2D eigenvalue weighted by Gasteiger charge is -2.31. The number of ether oxygens (including phenoxy) is 1. The van der Waals surface area contributed by atoms with Crippen LogP contribution in [0.15, 0.2) is 30.5 Å². The average Bonchev–Trinajstić information content (AvgIpc) is 3.13. The molecule has 1 amide bonds. The van der Waals surface area contributed by atoms with Crippen molar-refractivity contribution >= 4 is 45.7 Å². The number of carbonyl (C=O) groups excluding carboxylic acids is 1. The predicted molar refractivity (Wildman–Crippen MR) is 126 cm³/mol. The van der Waals surface area contributed by atoms with Gasteiger partial charge in [-0.25, -0.2) is 4.98 Å².